The summed E-state index contributed by atoms with van der Waals surface area (Å²) in [5, 5.41) is 8.47. The Morgan fingerprint density at radius 1 is 1.42 bits per heavy atom. The fraction of sp³-hybridized carbons (Fsp3) is 0.300. The third-order valence-electron chi connectivity index (χ3n) is 1.75. The molecule has 0 aliphatic carbocycles. The van der Waals surface area contributed by atoms with Crippen LogP contribution in [0.2, 0.25) is 0 Å². The van der Waals surface area contributed by atoms with Crippen LogP contribution in [0.3, 0.4) is 0 Å². The first-order valence-corrected chi connectivity index (χ1v) is 3.84. The van der Waals surface area contributed by atoms with Gasteiger partial charge in [0, 0.05) is 0 Å². The molecule has 0 saturated heterocycles. The van der Waals surface area contributed by atoms with Crippen molar-refractivity contribution in [2.75, 3.05) is 0 Å². The smallest absolute Gasteiger partial charge is 0.127 e. The molecule has 0 radical (unpaired) electrons. The molecule has 0 atom stereocenters. The molecule has 0 saturated carbocycles. The van der Waals surface area contributed by atoms with E-state index in [4.69, 9.17) is 5.26 Å². The average Bonchev–Trinajstić information content (AvgIpc) is 2.03. The lowest BCUT2D eigenvalue weighted by Gasteiger charge is -2.05. The van der Waals surface area contributed by atoms with E-state index in [0.29, 0.717) is 11.1 Å². The van der Waals surface area contributed by atoms with Crippen molar-refractivity contribution in [2.24, 2.45) is 0 Å². The molecule has 2 heteroatoms. The molecule has 0 spiro atoms. The molecule has 0 aliphatic rings. The minimum absolute atomic E-state index is 0.165. The molecule has 0 bridgehead atoms. The van der Waals surface area contributed by atoms with Crippen LogP contribution in [-0.4, -0.2) is 0 Å². The SMILES string of the molecule is CC(C)c1ccc(C#N)cc1F. The topological polar surface area (TPSA) is 23.8 Å². The Hall–Kier alpha value is -1.36. The quantitative estimate of drug-likeness (QED) is 0.624. The van der Waals surface area contributed by atoms with Gasteiger partial charge in [0.05, 0.1) is 11.6 Å². The fourth-order valence-corrected chi connectivity index (χ4v) is 1.06. The molecule has 1 rings (SSSR count). The minimum atomic E-state index is -0.288. The Balaban J connectivity index is 3.14. The molecule has 1 nitrogen and oxygen atoms in total. The van der Waals surface area contributed by atoms with Gasteiger partial charge in [-0.15, -0.1) is 0 Å². The van der Waals surface area contributed by atoms with Gasteiger partial charge in [-0.3, -0.25) is 0 Å². The number of halogens is 1. The van der Waals surface area contributed by atoms with Gasteiger partial charge in [-0.1, -0.05) is 19.9 Å². The highest BCUT2D eigenvalue weighted by Crippen LogP contribution is 2.18. The molecular formula is C10H10FN. The van der Waals surface area contributed by atoms with E-state index in [9.17, 15) is 4.39 Å². The number of rotatable bonds is 1. The van der Waals surface area contributed by atoms with E-state index in [1.165, 1.54) is 6.07 Å². The Morgan fingerprint density at radius 3 is 2.50 bits per heavy atom. The van der Waals surface area contributed by atoms with E-state index < -0.39 is 0 Å². The van der Waals surface area contributed by atoms with Crippen LogP contribution in [0.25, 0.3) is 0 Å². The van der Waals surface area contributed by atoms with Crippen molar-refractivity contribution in [3.05, 3.63) is 35.1 Å². The van der Waals surface area contributed by atoms with Crippen molar-refractivity contribution in [3.8, 4) is 6.07 Å². The maximum Gasteiger partial charge on any atom is 0.127 e. The number of benzene rings is 1. The van der Waals surface area contributed by atoms with Crippen molar-refractivity contribution in [1.29, 1.82) is 5.26 Å². The van der Waals surface area contributed by atoms with E-state index >= 15 is 0 Å². The second-order valence-corrected chi connectivity index (χ2v) is 3.00. The summed E-state index contributed by atoms with van der Waals surface area (Å²) in [4.78, 5) is 0. The summed E-state index contributed by atoms with van der Waals surface area (Å²) >= 11 is 0. The van der Waals surface area contributed by atoms with E-state index in [1.54, 1.807) is 12.1 Å². The highest BCUT2D eigenvalue weighted by atomic mass is 19.1. The number of nitriles is 1. The van der Waals surface area contributed by atoms with Gasteiger partial charge in [0.2, 0.25) is 0 Å². The molecule has 1 aromatic rings. The van der Waals surface area contributed by atoms with Crippen LogP contribution in [0.4, 0.5) is 4.39 Å². The summed E-state index contributed by atoms with van der Waals surface area (Å²) in [5.74, 6) is -0.123. The van der Waals surface area contributed by atoms with E-state index in [2.05, 4.69) is 0 Å². The van der Waals surface area contributed by atoms with Crippen molar-refractivity contribution < 1.29 is 4.39 Å². The second kappa shape index (κ2) is 3.36. The zero-order valence-corrected chi connectivity index (χ0v) is 7.13. The van der Waals surface area contributed by atoms with Crippen LogP contribution in [0.5, 0.6) is 0 Å². The van der Waals surface area contributed by atoms with Gasteiger partial charge in [-0.05, 0) is 23.6 Å². The molecule has 0 unspecified atom stereocenters. The zero-order valence-electron chi connectivity index (χ0n) is 7.13. The van der Waals surface area contributed by atoms with Gasteiger partial charge in [0.15, 0.2) is 0 Å². The van der Waals surface area contributed by atoms with Gasteiger partial charge in [-0.2, -0.15) is 5.26 Å². The monoisotopic (exact) mass is 163 g/mol. The van der Waals surface area contributed by atoms with Gasteiger partial charge in [0.25, 0.3) is 0 Å². The molecule has 0 N–H and O–H groups in total. The lowest BCUT2D eigenvalue weighted by atomic mass is 10.0. The molecule has 0 aromatic heterocycles. The van der Waals surface area contributed by atoms with Gasteiger partial charge >= 0.3 is 0 Å². The predicted octanol–water partition coefficient (Wildman–Crippen LogP) is 2.82. The summed E-state index contributed by atoms with van der Waals surface area (Å²) in [5.41, 5.74) is 1.03. The standard InChI is InChI=1S/C10H10FN/c1-7(2)9-4-3-8(6-12)5-10(9)11/h3-5,7H,1-2H3. The van der Waals surface area contributed by atoms with Crippen molar-refractivity contribution in [2.45, 2.75) is 19.8 Å². The maximum absolute atomic E-state index is 13.1. The molecule has 0 heterocycles. The van der Waals surface area contributed by atoms with Crippen LogP contribution < -0.4 is 0 Å². The van der Waals surface area contributed by atoms with Crippen molar-refractivity contribution in [3.63, 3.8) is 0 Å². The summed E-state index contributed by atoms with van der Waals surface area (Å²) < 4.78 is 13.1. The molecule has 0 amide bonds. The first-order valence-electron chi connectivity index (χ1n) is 3.84. The van der Waals surface area contributed by atoms with E-state index in [1.807, 2.05) is 19.9 Å². The second-order valence-electron chi connectivity index (χ2n) is 3.00. The lowest BCUT2D eigenvalue weighted by molar-refractivity contribution is 0.598. The third-order valence-corrected chi connectivity index (χ3v) is 1.75. The molecule has 0 aliphatic heterocycles. The van der Waals surface area contributed by atoms with Crippen LogP contribution >= 0.6 is 0 Å². The summed E-state index contributed by atoms with van der Waals surface area (Å²) in [6.45, 7) is 3.84. The summed E-state index contributed by atoms with van der Waals surface area (Å²) in [6.07, 6.45) is 0. The number of hydrogen-bond acceptors (Lipinski definition) is 1. The molecule has 1 aromatic carbocycles. The lowest BCUT2D eigenvalue weighted by Crippen LogP contribution is -1.92. The fourth-order valence-electron chi connectivity index (χ4n) is 1.06. The molecular weight excluding hydrogens is 153 g/mol. The predicted molar refractivity (Wildman–Crippen MR) is 45.2 cm³/mol. The first kappa shape index (κ1) is 8.73. The van der Waals surface area contributed by atoms with E-state index in [-0.39, 0.29) is 11.7 Å². The van der Waals surface area contributed by atoms with Crippen LogP contribution in [-0.2, 0) is 0 Å². The van der Waals surface area contributed by atoms with Gasteiger partial charge < -0.3 is 0 Å². The largest absolute Gasteiger partial charge is 0.207 e. The van der Waals surface area contributed by atoms with Crippen molar-refractivity contribution in [1.82, 2.24) is 0 Å². The Labute approximate surface area is 71.4 Å². The minimum Gasteiger partial charge on any atom is -0.207 e. The summed E-state index contributed by atoms with van der Waals surface area (Å²) in [7, 11) is 0. The zero-order chi connectivity index (χ0) is 9.14. The molecule has 0 fully saturated rings. The molecule has 12 heavy (non-hydrogen) atoms. The normalized spacial score (nSPS) is 9.92. The maximum atomic E-state index is 13.1. The average molecular weight is 163 g/mol. The Morgan fingerprint density at radius 2 is 2.08 bits per heavy atom. The summed E-state index contributed by atoms with van der Waals surface area (Å²) in [6, 6.07) is 6.47. The van der Waals surface area contributed by atoms with Crippen LogP contribution in [0.15, 0.2) is 18.2 Å². The van der Waals surface area contributed by atoms with Gasteiger partial charge in [0.1, 0.15) is 5.82 Å². The Kier molecular flexibility index (Phi) is 2.44. The number of nitrogens with zero attached hydrogens (tertiary/aromatic N) is 1. The van der Waals surface area contributed by atoms with Crippen LogP contribution in [0.1, 0.15) is 30.9 Å². The molecule has 62 valence electrons. The number of hydrogen-bond donors (Lipinski definition) is 0. The van der Waals surface area contributed by atoms with Crippen LogP contribution in [0, 0.1) is 17.1 Å². The van der Waals surface area contributed by atoms with Crippen molar-refractivity contribution >= 4 is 0 Å². The first-order chi connectivity index (χ1) is 5.65. The highest BCUT2D eigenvalue weighted by Gasteiger charge is 2.06. The highest BCUT2D eigenvalue weighted by molar-refractivity contribution is 5.33. The van der Waals surface area contributed by atoms with Gasteiger partial charge in [-0.25, -0.2) is 4.39 Å². The third kappa shape index (κ3) is 1.62. The Bertz CT molecular complexity index is 323. The van der Waals surface area contributed by atoms with E-state index in [0.717, 1.165) is 0 Å².